The Kier molecular flexibility index (Phi) is 5.74. The van der Waals surface area contributed by atoms with Crippen molar-refractivity contribution in [3.63, 3.8) is 0 Å². The standard InChI is InChI=1S/C17H22BrN3/c1-4-9-19-16-11-15(12(2)3)20-17(21-16)10-13-7-5-6-8-14(13)18/h5-8,11-12H,4,9-10H2,1-3H3,(H,19,20,21). The maximum absolute atomic E-state index is 4.71. The van der Waals surface area contributed by atoms with Gasteiger partial charge in [-0.25, -0.2) is 9.97 Å². The normalized spacial score (nSPS) is 10.9. The van der Waals surface area contributed by atoms with Gasteiger partial charge in [0.2, 0.25) is 0 Å². The van der Waals surface area contributed by atoms with Gasteiger partial charge in [0.05, 0.1) is 0 Å². The van der Waals surface area contributed by atoms with E-state index in [1.54, 1.807) is 0 Å². The molecule has 4 heteroatoms. The zero-order valence-electron chi connectivity index (χ0n) is 12.9. The smallest absolute Gasteiger partial charge is 0.135 e. The molecule has 1 N–H and O–H groups in total. The third-order valence-corrected chi connectivity index (χ3v) is 4.02. The zero-order chi connectivity index (χ0) is 15.2. The highest BCUT2D eigenvalue weighted by Crippen LogP contribution is 2.21. The Morgan fingerprint density at radius 2 is 1.95 bits per heavy atom. The fourth-order valence-corrected chi connectivity index (χ4v) is 2.47. The van der Waals surface area contributed by atoms with Gasteiger partial charge in [-0.2, -0.15) is 0 Å². The maximum atomic E-state index is 4.71. The van der Waals surface area contributed by atoms with Crippen molar-refractivity contribution in [3.8, 4) is 0 Å². The quantitative estimate of drug-likeness (QED) is 0.817. The van der Waals surface area contributed by atoms with Crippen LogP contribution < -0.4 is 5.32 Å². The fraction of sp³-hybridized carbons (Fsp3) is 0.412. The number of hydrogen-bond acceptors (Lipinski definition) is 3. The lowest BCUT2D eigenvalue weighted by Crippen LogP contribution is -2.08. The Morgan fingerprint density at radius 1 is 1.19 bits per heavy atom. The molecule has 0 aliphatic heterocycles. The van der Waals surface area contributed by atoms with Crippen molar-refractivity contribution < 1.29 is 0 Å². The lowest BCUT2D eigenvalue weighted by Gasteiger charge is -2.12. The molecule has 0 aliphatic rings. The van der Waals surface area contributed by atoms with Crippen LogP contribution in [-0.4, -0.2) is 16.5 Å². The zero-order valence-corrected chi connectivity index (χ0v) is 14.4. The van der Waals surface area contributed by atoms with Gasteiger partial charge in [0.15, 0.2) is 0 Å². The molecule has 0 fully saturated rings. The molecule has 21 heavy (non-hydrogen) atoms. The minimum Gasteiger partial charge on any atom is -0.370 e. The van der Waals surface area contributed by atoms with Crippen LogP contribution in [0, 0.1) is 0 Å². The van der Waals surface area contributed by atoms with Gasteiger partial charge in [0.1, 0.15) is 11.6 Å². The Labute approximate surface area is 135 Å². The Balaban J connectivity index is 2.29. The summed E-state index contributed by atoms with van der Waals surface area (Å²) in [5.74, 6) is 2.19. The van der Waals surface area contributed by atoms with Crippen molar-refractivity contribution in [2.45, 2.75) is 39.5 Å². The highest BCUT2D eigenvalue weighted by Gasteiger charge is 2.09. The number of anilines is 1. The molecule has 2 aromatic rings. The minimum atomic E-state index is 0.396. The monoisotopic (exact) mass is 347 g/mol. The van der Waals surface area contributed by atoms with Crippen LogP contribution in [0.1, 0.15) is 50.2 Å². The summed E-state index contributed by atoms with van der Waals surface area (Å²) in [7, 11) is 0. The van der Waals surface area contributed by atoms with Gasteiger partial charge < -0.3 is 5.32 Å². The molecule has 1 aromatic carbocycles. The number of hydrogen-bond donors (Lipinski definition) is 1. The molecule has 0 spiro atoms. The van der Waals surface area contributed by atoms with Gasteiger partial charge in [-0.1, -0.05) is 54.9 Å². The second-order valence-corrected chi connectivity index (χ2v) is 6.30. The van der Waals surface area contributed by atoms with Crippen LogP contribution in [0.15, 0.2) is 34.8 Å². The molecule has 0 aliphatic carbocycles. The van der Waals surface area contributed by atoms with Gasteiger partial charge in [-0.15, -0.1) is 0 Å². The van der Waals surface area contributed by atoms with Crippen molar-refractivity contribution in [2.75, 3.05) is 11.9 Å². The summed E-state index contributed by atoms with van der Waals surface area (Å²) in [6.07, 6.45) is 1.82. The highest BCUT2D eigenvalue weighted by molar-refractivity contribution is 9.10. The molecule has 0 amide bonds. The summed E-state index contributed by atoms with van der Waals surface area (Å²) in [6.45, 7) is 7.41. The van der Waals surface area contributed by atoms with Crippen LogP contribution in [0.2, 0.25) is 0 Å². The third-order valence-electron chi connectivity index (χ3n) is 3.25. The third kappa shape index (κ3) is 4.53. The van der Waals surface area contributed by atoms with Crippen LogP contribution >= 0.6 is 15.9 Å². The van der Waals surface area contributed by atoms with Gasteiger partial charge in [-0.3, -0.25) is 0 Å². The molecule has 0 saturated carbocycles. The van der Waals surface area contributed by atoms with Crippen LogP contribution in [0.25, 0.3) is 0 Å². The topological polar surface area (TPSA) is 37.8 Å². The molecular weight excluding hydrogens is 326 g/mol. The Bertz CT molecular complexity index is 596. The van der Waals surface area contributed by atoms with Gasteiger partial charge in [0, 0.05) is 29.2 Å². The summed E-state index contributed by atoms with van der Waals surface area (Å²) >= 11 is 3.59. The largest absolute Gasteiger partial charge is 0.370 e. The SMILES string of the molecule is CCCNc1cc(C(C)C)nc(Cc2ccccc2Br)n1. The second kappa shape index (κ2) is 7.55. The summed E-state index contributed by atoms with van der Waals surface area (Å²) in [5.41, 5.74) is 2.30. The summed E-state index contributed by atoms with van der Waals surface area (Å²) in [5, 5.41) is 3.37. The number of nitrogens with zero attached hydrogens (tertiary/aromatic N) is 2. The predicted molar refractivity (Wildman–Crippen MR) is 91.8 cm³/mol. The van der Waals surface area contributed by atoms with E-state index >= 15 is 0 Å². The van der Waals surface area contributed by atoms with E-state index in [1.165, 1.54) is 5.56 Å². The van der Waals surface area contributed by atoms with E-state index in [1.807, 2.05) is 12.1 Å². The lowest BCUT2D eigenvalue weighted by atomic mass is 10.1. The lowest BCUT2D eigenvalue weighted by molar-refractivity contribution is 0.790. The van der Waals surface area contributed by atoms with E-state index < -0.39 is 0 Å². The predicted octanol–water partition coefficient (Wildman–Crippen LogP) is 4.78. The van der Waals surface area contributed by atoms with Gasteiger partial charge in [-0.05, 0) is 24.0 Å². The van der Waals surface area contributed by atoms with E-state index in [0.29, 0.717) is 5.92 Å². The number of halogens is 1. The number of aromatic nitrogens is 2. The van der Waals surface area contributed by atoms with E-state index in [4.69, 9.17) is 4.98 Å². The van der Waals surface area contributed by atoms with Crippen molar-refractivity contribution in [2.24, 2.45) is 0 Å². The van der Waals surface area contributed by atoms with Crippen molar-refractivity contribution in [3.05, 3.63) is 51.9 Å². The van der Waals surface area contributed by atoms with Gasteiger partial charge >= 0.3 is 0 Å². The highest BCUT2D eigenvalue weighted by atomic mass is 79.9. The summed E-state index contributed by atoms with van der Waals surface area (Å²) in [4.78, 5) is 9.35. The Morgan fingerprint density at radius 3 is 2.62 bits per heavy atom. The minimum absolute atomic E-state index is 0.396. The number of benzene rings is 1. The van der Waals surface area contributed by atoms with Crippen LogP contribution in [0.4, 0.5) is 5.82 Å². The molecule has 0 bridgehead atoms. The summed E-state index contributed by atoms with van der Waals surface area (Å²) < 4.78 is 1.10. The van der Waals surface area contributed by atoms with Crippen molar-refractivity contribution in [1.82, 2.24) is 9.97 Å². The average Bonchev–Trinajstić information content (AvgIpc) is 2.47. The molecule has 0 atom stereocenters. The van der Waals surface area contributed by atoms with E-state index in [-0.39, 0.29) is 0 Å². The molecule has 0 radical (unpaired) electrons. The molecule has 112 valence electrons. The van der Waals surface area contributed by atoms with Crippen LogP contribution in [-0.2, 0) is 6.42 Å². The number of nitrogens with one attached hydrogen (secondary N) is 1. The first kappa shape index (κ1) is 16.0. The van der Waals surface area contributed by atoms with E-state index in [0.717, 1.165) is 41.2 Å². The Hall–Kier alpha value is -1.42. The first-order chi connectivity index (χ1) is 10.1. The van der Waals surface area contributed by atoms with Crippen molar-refractivity contribution >= 4 is 21.7 Å². The van der Waals surface area contributed by atoms with Crippen LogP contribution in [0.5, 0.6) is 0 Å². The molecule has 3 nitrogen and oxygen atoms in total. The molecule has 0 unspecified atom stereocenters. The molecule has 0 saturated heterocycles. The summed E-state index contributed by atoms with van der Waals surface area (Å²) in [6, 6.07) is 10.3. The molecule has 1 aromatic heterocycles. The first-order valence-corrected chi connectivity index (χ1v) is 8.24. The van der Waals surface area contributed by atoms with E-state index in [9.17, 15) is 0 Å². The van der Waals surface area contributed by atoms with Crippen LogP contribution in [0.3, 0.4) is 0 Å². The molecular formula is C17H22BrN3. The fourth-order valence-electron chi connectivity index (χ4n) is 2.05. The van der Waals surface area contributed by atoms with Gasteiger partial charge in [0.25, 0.3) is 0 Å². The first-order valence-electron chi connectivity index (χ1n) is 7.45. The molecule has 2 rings (SSSR count). The average molecular weight is 348 g/mol. The van der Waals surface area contributed by atoms with Crippen molar-refractivity contribution in [1.29, 1.82) is 0 Å². The second-order valence-electron chi connectivity index (χ2n) is 5.44. The maximum Gasteiger partial charge on any atom is 0.135 e. The number of rotatable bonds is 6. The van der Waals surface area contributed by atoms with E-state index in [2.05, 4.69) is 65.2 Å². The molecule has 1 heterocycles.